The van der Waals surface area contributed by atoms with Crippen LogP contribution in [-0.2, 0) is 0 Å². The first-order valence-corrected chi connectivity index (χ1v) is 4.04. The Labute approximate surface area is 68.7 Å². The molecule has 0 amide bonds. The van der Waals surface area contributed by atoms with Gasteiger partial charge in [0.1, 0.15) is 0 Å². The van der Waals surface area contributed by atoms with Gasteiger partial charge in [0.15, 0.2) is 0 Å². The van der Waals surface area contributed by atoms with Crippen LogP contribution in [0.25, 0.3) is 0 Å². The van der Waals surface area contributed by atoms with Crippen molar-refractivity contribution in [2.24, 2.45) is 10.9 Å². The molecule has 0 heterocycles. The van der Waals surface area contributed by atoms with E-state index in [-0.39, 0.29) is 6.61 Å². The van der Waals surface area contributed by atoms with Gasteiger partial charge in [0.25, 0.3) is 0 Å². The molecule has 0 aromatic heterocycles. The standard InChI is InChI=1S/C9H17NO/c1-4-5-9(7-11)10-6-8(2)3/h5-6,8,11H,4,7H2,1-3H3/b9-5-,10-6?. The van der Waals surface area contributed by atoms with E-state index in [9.17, 15) is 0 Å². The number of aliphatic hydroxyl groups is 1. The Morgan fingerprint density at radius 3 is 2.55 bits per heavy atom. The average molecular weight is 155 g/mol. The quantitative estimate of drug-likeness (QED) is 0.619. The summed E-state index contributed by atoms with van der Waals surface area (Å²) >= 11 is 0. The molecule has 2 nitrogen and oxygen atoms in total. The van der Waals surface area contributed by atoms with Crippen LogP contribution in [0, 0.1) is 5.92 Å². The summed E-state index contributed by atoms with van der Waals surface area (Å²) in [6.45, 7) is 6.19. The maximum absolute atomic E-state index is 8.79. The van der Waals surface area contributed by atoms with Gasteiger partial charge in [-0.05, 0) is 12.3 Å². The van der Waals surface area contributed by atoms with Gasteiger partial charge >= 0.3 is 0 Å². The summed E-state index contributed by atoms with van der Waals surface area (Å²) in [5, 5.41) is 8.79. The summed E-state index contributed by atoms with van der Waals surface area (Å²) < 4.78 is 0. The van der Waals surface area contributed by atoms with Gasteiger partial charge in [-0.1, -0.05) is 26.8 Å². The van der Waals surface area contributed by atoms with E-state index in [1.807, 2.05) is 19.2 Å². The van der Waals surface area contributed by atoms with Crippen molar-refractivity contribution in [2.75, 3.05) is 6.61 Å². The molecule has 0 fully saturated rings. The molecule has 0 aromatic rings. The second kappa shape index (κ2) is 6.10. The largest absolute Gasteiger partial charge is 0.390 e. The van der Waals surface area contributed by atoms with Crippen LogP contribution in [0.4, 0.5) is 0 Å². The van der Waals surface area contributed by atoms with Gasteiger partial charge in [-0.25, -0.2) is 0 Å². The molecule has 11 heavy (non-hydrogen) atoms. The third-order valence-electron chi connectivity index (χ3n) is 1.14. The minimum absolute atomic E-state index is 0.0387. The zero-order chi connectivity index (χ0) is 8.69. The highest BCUT2D eigenvalue weighted by atomic mass is 16.3. The molecule has 2 heteroatoms. The van der Waals surface area contributed by atoms with E-state index in [1.165, 1.54) is 0 Å². The van der Waals surface area contributed by atoms with E-state index in [4.69, 9.17) is 5.11 Å². The Morgan fingerprint density at radius 1 is 1.55 bits per heavy atom. The highest BCUT2D eigenvalue weighted by molar-refractivity contribution is 5.61. The fourth-order valence-electron chi connectivity index (χ4n) is 0.639. The van der Waals surface area contributed by atoms with Crippen molar-refractivity contribution in [3.05, 3.63) is 11.8 Å². The highest BCUT2D eigenvalue weighted by Crippen LogP contribution is 1.98. The van der Waals surface area contributed by atoms with Crippen LogP contribution in [0.5, 0.6) is 0 Å². The Morgan fingerprint density at radius 2 is 2.18 bits per heavy atom. The molecule has 0 aliphatic heterocycles. The molecule has 0 radical (unpaired) electrons. The van der Waals surface area contributed by atoms with Crippen molar-refractivity contribution in [3.8, 4) is 0 Å². The molecule has 0 aliphatic carbocycles. The van der Waals surface area contributed by atoms with Gasteiger partial charge in [-0.2, -0.15) is 0 Å². The summed E-state index contributed by atoms with van der Waals surface area (Å²) in [7, 11) is 0. The maximum Gasteiger partial charge on any atom is 0.0849 e. The monoisotopic (exact) mass is 155 g/mol. The number of aliphatic imine (C=N–C) groups is 1. The van der Waals surface area contributed by atoms with Gasteiger partial charge in [0.2, 0.25) is 0 Å². The average Bonchev–Trinajstić information content (AvgIpc) is 1.97. The van der Waals surface area contributed by atoms with Crippen molar-refractivity contribution < 1.29 is 5.11 Å². The molecule has 0 saturated carbocycles. The summed E-state index contributed by atoms with van der Waals surface area (Å²) in [5.74, 6) is 0.446. The van der Waals surface area contributed by atoms with Gasteiger partial charge in [-0.3, -0.25) is 4.99 Å². The number of allylic oxidation sites excluding steroid dienone is 1. The second-order valence-corrected chi connectivity index (χ2v) is 2.78. The smallest absolute Gasteiger partial charge is 0.0849 e. The molecule has 0 unspecified atom stereocenters. The molecular weight excluding hydrogens is 138 g/mol. The first-order chi connectivity index (χ1) is 5.20. The summed E-state index contributed by atoms with van der Waals surface area (Å²) in [6.07, 6.45) is 4.70. The predicted molar refractivity (Wildman–Crippen MR) is 48.8 cm³/mol. The number of rotatable bonds is 4. The lowest BCUT2D eigenvalue weighted by molar-refractivity contribution is 0.329. The van der Waals surface area contributed by atoms with Crippen LogP contribution >= 0.6 is 0 Å². The van der Waals surface area contributed by atoms with Crippen molar-refractivity contribution in [1.82, 2.24) is 0 Å². The summed E-state index contributed by atoms with van der Waals surface area (Å²) in [6, 6.07) is 0. The molecule has 0 rings (SSSR count). The van der Waals surface area contributed by atoms with Gasteiger partial charge < -0.3 is 5.11 Å². The molecule has 0 aliphatic rings. The molecule has 1 N–H and O–H groups in total. The number of hydrogen-bond donors (Lipinski definition) is 1. The van der Waals surface area contributed by atoms with E-state index in [1.54, 1.807) is 0 Å². The zero-order valence-electron chi connectivity index (χ0n) is 7.54. The van der Waals surface area contributed by atoms with Gasteiger partial charge in [-0.15, -0.1) is 0 Å². The lowest BCUT2D eigenvalue weighted by Crippen LogP contribution is -1.91. The van der Waals surface area contributed by atoms with E-state index < -0.39 is 0 Å². The van der Waals surface area contributed by atoms with E-state index in [0.29, 0.717) is 5.92 Å². The van der Waals surface area contributed by atoms with Crippen molar-refractivity contribution in [2.45, 2.75) is 27.2 Å². The van der Waals surface area contributed by atoms with Gasteiger partial charge in [0.05, 0.1) is 12.3 Å². The molecule has 0 atom stereocenters. The van der Waals surface area contributed by atoms with Crippen molar-refractivity contribution in [3.63, 3.8) is 0 Å². The van der Waals surface area contributed by atoms with Crippen LogP contribution in [0.15, 0.2) is 16.8 Å². The third kappa shape index (κ3) is 5.80. The second-order valence-electron chi connectivity index (χ2n) is 2.78. The van der Waals surface area contributed by atoms with E-state index in [2.05, 4.69) is 18.8 Å². The molecule has 0 bridgehead atoms. The SMILES string of the molecule is CC/C=C(/CO)N=CC(C)C. The first kappa shape index (κ1) is 10.4. The predicted octanol–water partition coefficient (Wildman–Crippen LogP) is 2.00. The first-order valence-electron chi connectivity index (χ1n) is 4.04. The Balaban J connectivity index is 3.97. The normalized spacial score (nSPS) is 13.4. The molecule has 0 saturated heterocycles. The fourth-order valence-corrected chi connectivity index (χ4v) is 0.639. The number of nitrogens with zero attached hydrogens (tertiary/aromatic N) is 1. The van der Waals surface area contributed by atoms with Crippen LogP contribution in [0.2, 0.25) is 0 Å². The van der Waals surface area contributed by atoms with E-state index in [0.717, 1.165) is 12.1 Å². The van der Waals surface area contributed by atoms with Gasteiger partial charge in [0, 0.05) is 6.21 Å². The number of aliphatic hydroxyl groups excluding tert-OH is 1. The van der Waals surface area contributed by atoms with E-state index >= 15 is 0 Å². The molecule has 0 aromatic carbocycles. The highest BCUT2D eigenvalue weighted by Gasteiger charge is 1.89. The summed E-state index contributed by atoms with van der Waals surface area (Å²) in [4.78, 5) is 4.12. The number of hydrogen-bond acceptors (Lipinski definition) is 2. The topological polar surface area (TPSA) is 32.6 Å². The fraction of sp³-hybridized carbons (Fsp3) is 0.667. The molecular formula is C9H17NO. The Kier molecular flexibility index (Phi) is 5.75. The Bertz CT molecular complexity index is 148. The summed E-state index contributed by atoms with van der Waals surface area (Å²) in [5.41, 5.74) is 0.765. The lowest BCUT2D eigenvalue weighted by atomic mass is 10.2. The molecule has 64 valence electrons. The third-order valence-corrected chi connectivity index (χ3v) is 1.14. The Hall–Kier alpha value is -0.630. The van der Waals surface area contributed by atoms with Crippen LogP contribution in [0.3, 0.4) is 0 Å². The minimum Gasteiger partial charge on any atom is -0.390 e. The van der Waals surface area contributed by atoms with Crippen molar-refractivity contribution in [1.29, 1.82) is 0 Å². The minimum atomic E-state index is 0.0387. The maximum atomic E-state index is 8.79. The molecule has 0 spiro atoms. The lowest BCUT2D eigenvalue weighted by Gasteiger charge is -1.96. The van der Waals surface area contributed by atoms with Crippen molar-refractivity contribution >= 4 is 6.21 Å². The van der Waals surface area contributed by atoms with Crippen LogP contribution in [-0.4, -0.2) is 17.9 Å². The zero-order valence-corrected chi connectivity index (χ0v) is 7.54. The van der Waals surface area contributed by atoms with Crippen LogP contribution in [0.1, 0.15) is 27.2 Å². The van der Waals surface area contributed by atoms with Crippen LogP contribution < -0.4 is 0 Å².